The number of hydrogen-bond donors (Lipinski definition) is 0. The summed E-state index contributed by atoms with van der Waals surface area (Å²) < 4.78 is 10.8. The van der Waals surface area contributed by atoms with Gasteiger partial charge in [-0.1, -0.05) is 91.1 Å². The van der Waals surface area contributed by atoms with E-state index in [4.69, 9.17) is 9.47 Å². The van der Waals surface area contributed by atoms with Gasteiger partial charge in [-0.2, -0.15) is 0 Å². The molecule has 2 atom stereocenters. The summed E-state index contributed by atoms with van der Waals surface area (Å²) in [4.78, 5) is 24.0. The summed E-state index contributed by atoms with van der Waals surface area (Å²) in [5.74, 6) is -0.353. The Morgan fingerprint density at radius 1 is 1.00 bits per heavy atom. The van der Waals surface area contributed by atoms with E-state index in [1.807, 2.05) is 19.9 Å². The van der Waals surface area contributed by atoms with E-state index in [1.54, 1.807) is 6.92 Å². The molecule has 1 fully saturated rings. The number of rotatable bonds is 15. The molecular formula is C24H42O4. The number of unbranched alkanes of at least 4 members (excludes halogenated alkanes) is 11. The highest BCUT2D eigenvalue weighted by molar-refractivity contribution is 5.92. The molecule has 1 aliphatic rings. The Bertz CT molecular complexity index is 481. The van der Waals surface area contributed by atoms with E-state index >= 15 is 0 Å². The average molecular weight is 395 g/mol. The van der Waals surface area contributed by atoms with Gasteiger partial charge >= 0.3 is 11.9 Å². The lowest BCUT2D eigenvalue weighted by molar-refractivity contribution is -0.152. The van der Waals surface area contributed by atoms with Crippen molar-refractivity contribution in [3.63, 3.8) is 0 Å². The quantitative estimate of drug-likeness (QED) is 0.180. The summed E-state index contributed by atoms with van der Waals surface area (Å²) >= 11 is 0. The molecule has 1 heterocycles. The lowest BCUT2D eigenvalue weighted by Crippen LogP contribution is -2.26. The fraction of sp³-hybridized carbons (Fsp3) is 0.833. The van der Waals surface area contributed by atoms with E-state index in [1.165, 1.54) is 64.2 Å². The Kier molecular flexibility index (Phi) is 12.9. The minimum absolute atomic E-state index is 0.240. The zero-order valence-corrected chi connectivity index (χ0v) is 18.6. The van der Waals surface area contributed by atoms with Crippen LogP contribution in [0.25, 0.3) is 0 Å². The zero-order valence-electron chi connectivity index (χ0n) is 18.6. The molecule has 1 saturated heterocycles. The molecule has 162 valence electrons. The second-order valence-electron chi connectivity index (χ2n) is 8.60. The predicted octanol–water partition coefficient (Wildman–Crippen LogP) is 6.52. The molecule has 1 rings (SSSR count). The molecule has 0 aromatic carbocycles. The second-order valence-corrected chi connectivity index (χ2v) is 8.60. The Balaban J connectivity index is 2.21. The van der Waals surface area contributed by atoms with Gasteiger partial charge in [0.05, 0.1) is 5.57 Å². The van der Waals surface area contributed by atoms with Crippen LogP contribution in [0.15, 0.2) is 11.6 Å². The molecule has 4 nitrogen and oxygen atoms in total. The van der Waals surface area contributed by atoms with E-state index in [0.29, 0.717) is 12.0 Å². The summed E-state index contributed by atoms with van der Waals surface area (Å²) in [7, 11) is 0. The van der Waals surface area contributed by atoms with Gasteiger partial charge in [-0.05, 0) is 25.7 Å². The lowest BCUT2D eigenvalue weighted by Gasteiger charge is -2.16. The first-order valence-corrected chi connectivity index (χ1v) is 11.6. The minimum Gasteiger partial charge on any atom is -0.455 e. The SMILES string of the molecule is CCCCCCCCCCCCC/C=C1/C(=O)O[C@@H](C)[C@H]1OC(=O)CC(C)C. The van der Waals surface area contributed by atoms with Crippen LogP contribution >= 0.6 is 0 Å². The average Bonchev–Trinajstić information content (AvgIpc) is 2.88. The van der Waals surface area contributed by atoms with Gasteiger partial charge in [0.15, 0.2) is 6.10 Å². The number of hydrogen-bond acceptors (Lipinski definition) is 4. The van der Waals surface area contributed by atoms with Crippen molar-refractivity contribution in [2.24, 2.45) is 5.92 Å². The van der Waals surface area contributed by atoms with E-state index in [-0.39, 0.29) is 17.9 Å². The van der Waals surface area contributed by atoms with Crippen LogP contribution in [-0.2, 0) is 19.1 Å². The highest BCUT2D eigenvalue weighted by Crippen LogP contribution is 2.26. The summed E-state index contributed by atoms with van der Waals surface area (Å²) in [6.45, 7) is 7.99. The van der Waals surface area contributed by atoms with Gasteiger partial charge in [-0.25, -0.2) is 4.79 Å². The van der Waals surface area contributed by atoms with Crippen LogP contribution in [0.4, 0.5) is 0 Å². The zero-order chi connectivity index (χ0) is 20.8. The number of allylic oxidation sites excluding steroid dienone is 1. The minimum atomic E-state index is -0.550. The van der Waals surface area contributed by atoms with Crippen LogP contribution in [0.5, 0.6) is 0 Å². The third kappa shape index (κ3) is 10.3. The van der Waals surface area contributed by atoms with Crippen LogP contribution in [0.3, 0.4) is 0 Å². The molecule has 0 saturated carbocycles. The van der Waals surface area contributed by atoms with Crippen molar-refractivity contribution >= 4 is 11.9 Å². The lowest BCUT2D eigenvalue weighted by atomic mass is 10.0. The third-order valence-corrected chi connectivity index (χ3v) is 5.27. The van der Waals surface area contributed by atoms with Gasteiger partial charge in [0.1, 0.15) is 6.10 Å². The van der Waals surface area contributed by atoms with E-state index in [2.05, 4.69) is 6.92 Å². The molecule has 1 aliphatic heterocycles. The molecule has 0 bridgehead atoms. The molecule has 0 aliphatic carbocycles. The van der Waals surface area contributed by atoms with Crippen LogP contribution in [-0.4, -0.2) is 24.1 Å². The Morgan fingerprint density at radius 3 is 2.07 bits per heavy atom. The molecule has 0 N–H and O–H groups in total. The van der Waals surface area contributed by atoms with E-state index < -0.39 is 12.2 Å². The van der Waals surface area contributed by atoms with E-state index in [0.717, 1.165) is 12.8 Å². The predicted molar refractivity (Wildman–Crippen MR) is 114 cm³/mol. The van der Waals surface area contributed by atoms with Crippen LogP contribution in [0, 0.1) is 5.92 Å². The monoisotopic (exact) mass is 394 g/mol. The van der Waals surface area contributed by atoms with Crippen molar-refractivity contribution in [2.45, 2.75) is 123 Å². The number of carbonyl (C=O) groups is 2. The maximum absolute atomic E-state index is 12.0. The molecule has 0 unspecified atom stereocenters. The fourth-order valence-electron chi connectivity index (χ4n) is 3.62. The molecule has 0 amide bonds. The number of ether oxygens (including phenoxy) is 2. The van der Waals surface area contributed by atoms with Crippen molar-refractivity contribution < 1.29 is 19.1 Å². The first-order valence-electron chi connectivity index (χ1n) is 11.6. The maximum Gasteiger partial charge on any atom is 0.338 e. The summed E-state index contributed by atoms with van der Waals surface area (Å²) in [6.07, 6.45) is 16.5. The summed E-state index contributed by atoms with van der Waals surface area (Å²) in [5.41, 5.74) is 0.525. The standard InChI is InChI=1S/C24H42O4/c1-5-6-7-8-9-10-11-12-13-14-15-16-17-21-23(20(4)27-24(21)26)28-22(25)18-19(2)3/h17,19-20,23H,5-16,18H2,1-4H3/b21-17+/t20-,23+/m0/s1. The number of cyclic esters (lactones) is 1. The Morgan fingerprint density at radius 2 is 1.54 bits per heavy atom. The van der Waals surface area contributed by atoms with Crippen molar-refractivity contribution in [2.75, 3.05) is 0 Å². The maximum atomic E-state index is 12.0. The van der Waals surface area contributed by atoms with Gasteiger partial charge in [0, 0.05) is 6.42 Å². The molecule has 0 radical (unpaired) electrons. The molecule has 0 spiro atoms. The van der Waals surface area contributed by atoms with E-state index in [9.17, 15) is 9.59 Å². The van der Waals surface area contributed by atoms with Gasteiger partial charge in [0.2, 0.25) is 0 Å². The molecule has 28 heavy (non-hydrogen) atoms. The first kappa shape index (κ1) is 24.7. The van der Waals surface area contributed by atoms with Crippen LogP contribution < -0.4 is 0 Å². The fourth-order valence-corrected chi connectivity index (χ4v) is 3.62. The highest BCUT2D eigenvalue weighted by Gasteiger charge is 2.39. The third-order valence-electron chi connectivity index (χ3n) is 5.27. The van der Waals surface area contributed by atoms with Crippen molar-refractivity contribution in [3.05, 3.63) is 11.6 Å². The summed E-state index contributed by atoms with van der Waals surface area (Å²) in [5, 5.41) is 0. The molecule has 0 aromatic rings. The Labute approximate surface area is 172 Å². The highest BCUT2D eigenvalue weighted by atomic mass is 16.6. The smallest absolute Gasteiger partial charge is 0.338 e. The van der Waals surface area contributed by atoms with Crippen molar-refractivity contribution in [3.8, 4) is 0 Å². The molecule has 4 heteroatoms. The van der Waals surface area contributed by atoms with Crippen molar-refractivity contribution in [1.29, 1.82) is 0 Å². The van der Waals surface area contributed by atoms with Crippen molar-refractivity contribution in [1.82, 2.24) is 0 Å². The van der Waals surface area contributed by atoms with Gasteiger partial charge in [0.25, 0.3) is 0 Å². The van der Waals surface area contributed by atoms with Gasteiger partial charge in [-0.15, -0.1) is 0 Å². The largest absolute Gasteiger partial charge is 0.455 e. The topological polar surface area (TPSA) is 52.6 Å². The van der Waals surface area contributed by atoms with Gasteiger partial charge < -0.3 is 9.47 Å². The van der Waals surface area contributed by atoms with Gasteiger partial charge in [-0.3, -0.25) is 4.79 Å². The molecular weight excluding hydrogens is 352 g/mol. The van der Waals surface area contributed by atoms with Crippen LogP contribution in [0.1, 0.15) is 111 Å². The summed E-state index contributed by atoms with van der Waals surface area (Å²) in [6, 6.07) is 0. The molecule has 0 aromatic heterocycles. The number of carbonyl (C=O) groups excluding carboxylic acids is 2. The number of esters is 2. The normalized spacial score (nSPS) is 20.8. The first-order chi connectivity index (χ1) is 13.5. The Hall–Kier alpha value is -1.32. The van der Waals surface area contributed by atoms with Crippen LogP contribution in [0.2, 0.25) is 0 Å². The second kappa shape index (κ2) is 14.6.